The Bertz CT molecular complexity index is 344. The van der Waals surface area contributed by atoms with Crippen molar-refractivity contribution in [2.24, 2.45) is 16.0 Å². The van der Waals surface area contributed by atoms with Gasteiger partial charge in [-0.2, -0.15) is 5.11 Å². The molecule has 0 amide bonds. The van der Waals surface area contributed by atoms with E-state index in [0.717, 1.165) is 6.20 Å². The quantitative estimate of drug-likeness (QED) is 0.194. The van der Waals surface area contributed by atoms with Gasteiger partial charge >= 0.3 is 5.97 Å². The number of carbonyl (C=O) groups excluding carboxylic acids is 2. The zero-order valence-electron chi connectivity index (χ0n) is 9.80. The highest BCUT2D eigenvalue weighted by molar-refractivity contribution is 7.80. The monoisotopic (exact) mass is 257 g/mol. The maximum absolute atomic E-state index is 11.6. The van der Waals surface area contributed by atoms with E-state index in [9.17, 15) is 9.59 Å². The van der Waals surface area contributed by atoms with E-state index < -0.39 is 5.97 Å². The fourth-order valence-corrected chi connectivity index (χ4v) is 1.000. The van der Waals surface area contributed by atoms with Crippen molar-refractivity contribution in [2.75, 3.05) is 6.61 Å². The van der Waals surface area contributed by atoms with E-state index in [0.29, 0.717) is 6.42 Å². The minimum atomic E-state index is -0.715. The third-order valence-electron chi connectivity index (χ3n) is 1.62. The summed E-state index contributed by atoms with van der Waals surface area (Å²) in [6, 6.07) is 0. The first-order chi connectivity index (χ1) is 8.02. The van der Waals surface area contributed by atoms with Crippen LogP contribution in [0.15, 0.2) is 22.0 Å². The Morgan fingerprint density at radius 2 is 2.06 bits per heavy atom. The van der Waals surface area contributed by atoms with E-state index in [4.69, 9.17) is 10.5 Å². The number of hydrogen-bond acceptors (Lipinski definition) is 5. The van der Waals surface area contributed by atoms with E-state index in [2.05, 4.69) is 22.4 Å². The van der Waals surface area contributed by atoms with Crippen LogP contribution in [0.25, 0.3) is 0 Å². The molecule has 0 unspecified atom stereocenters. The van der Waals surface area contributed by atoms with Gasteiger partial charge in [0.05, 0.1) is 12.8 Å². The van der Waals surface area contributed by atoms with Crippen molar-refractivity contribution in [1.29, 1.82) is 0 Å². The molecule has 0 aromatic heterocycles. The highest BCUT2D eigenvalue weighted by atomic mass is 32.1. The van der Waals surface area contributed by atoms with Gasteiger partial charge in [0, 0.05) is 6.42 Å². The van der Waals surface area contributed by atoms with Crippen LogP contribution in [0.3, 0.4) is 0 Å². The van der Waals surface area contributed by atoms with Gasteiger partial charge < -0.3 is 10.5 Å². The fourth-order valence-electron chi connectivity index (χ4n) is 0.953. The van der Waals surface area contributed by atoms with Crippen LogP contribution in [-0.4, -0.2) is 23.5 Å². The molecule has 0 aromatic carbocycles. The largest absolute Gasteiger partial charge is 0.462 e. The van der Waals surface area contributed by atoms with E-state index in [-0.39, 0.29) is 29.5 Å². The number of thiocarbonyl (C=S) groups is 1. The SMILES string of the molecule is CCCC(=O)C(=CN=NC(N)=S)C(=O)OCC. The van der Waals surface area contributed by atoms with Crippen molar-refractivity contribution in [3.05, 3.63) is 11.8 Å². The smallest absolute Gasteiger partial charge is 0.343 e. The number of esters is 1. The number of hydrogen-bond donors (Lipinski definition) is 1. The van der Waals surface area contributed by atoms with Crippen molar-refractivity contribution in [3.8, 4) is 0 Å². The van der Waals surface area contributed by atoms with Crippen LogP contribution in [0, 0.1) is 0 Å². The first-order valence-corrected chi connectivity index (χ1v) is 5.54. The normalized spacial score (nSPS) is 11.5. The van der Waals surface area contributed by atoms with E-state index in [1.165, 1.54) is 0 Å². The summed E-state index contributed by atoms with van der Waals surface area (Å²) in [5, 5.41) is 6.63. The lowest BCUT2D eigenvalue weighted by Crippen LogP contribution is -2.15. The van der Waals surface area contributed by atoms with Crippen molar-refractivity contribution in [3.63, 3.8) is 0 Å². The lowest BCUT2D eigenvalue weighted by Gasteiger charge is -2.03. The van der Waals surface area contributed by atoms with Gasteiger partial charge in [-0.25, -0.2) is 4.79 Å². The van der Waals surface area contributed by atoms with Gasteiger partial charge in [-0.3, -0.25) is 4.79 Å². The van der Waals surface area contributed by atoms with Gasteiger partial charge in [-0.05, 0) is 25.6 Å². The van der Waals surface area contributed by atoms with E-state index in [1.807, 2.05) is 6.92 Å². The second-order valence-electron chi connectivity index (χ2n) is 2.99. The van der Waals surface area contributed by atoms with Crippen molar-refractivity contribution in [1.82, 2.24) is 0 Å². The number of Topliss-reactive ketones (excluding diaryl/α,β-unsaturated/α-hetero) is 1. The van der Waals surface area contributed by atoms with E-state index in [1.54, 1.807) is 6.92 Å². The summed E-state index contributed by atoms with van der Waals surface area (Å²) in [4.78, 5) is 23.1. The van der Waals surface area contributed by atoms with Crippen LogP contribution < -0.4 is 5.73 Å². The summed E-state index contributed by atoms with van der Waals surface area (Å²) in [6.07, 6.45) is 1.89. The number of ketones is 1. The Hall–Kier alpha value is -1.63. The molecule has 0 aliphatic rings. The standard InChI is InChI=1S/C10H15N3O3S/c1-3-5-8(14)7(9(15)16-4-2)6-12-13-10(11)17/h6H,3-5H2,1-2H3,(H2,11,17). The molecular weight excluding hydrogens is 242 g/mol. The van der Waals surface area contributed by atoms with Crippen LogP contribution in [0.1, 0.15) is 26.7 Å². The summed E-state index contributed by atoms with van der Waals surface area (Å²) < 4.78 is 4.74. The average molecular weight is 257 g/mol. The Morgan fingerprint density at radius 3 is 2.53 bits per heavy atom. The van der Waals surface area contributed by atoms with Crippen molar-refractivity contribution >= 4 is 29.1 Å². The van der Waals surface area contributed by atoms with Gasteiger partial charge in [0.15, 0.2) is 5.78 Å². The minimum absolute atomic E-state index is 0.145. The Labute approximate surface area is 105 Å². The van der Waals surface area contributed by atoms with Crippen LogP contribution in [-0.2, 0) is 14.3 Å². The van der Waals surface area contributed by atoms with Gasteiger partial charge in [0.2, 0.25) is 5.11 Å². The zero-order valence-corrected chi connectivity index (χ0v) is 10.6. The van der Waals surface area contributed by atoms with Crippen LogP contribution in [0.5, 0.6) is 0 Å². The molecule has 0 bridgehead atoms. The lowest BCUT2D eigenvalue weighted by atomic mass is 10.1. The molecule has 0 fully saturated rings. The molecule has 7 heteroatoms. The van der Waals surface area contributed by atoms with Crippen LogP contribution in [0.4, 0.5) is 0 Å². The summed E-state index contributed by atoms with van der Waals surface area (Å²) in [6.45, 7) is 3.66. The van der Waals surface area contributed by atoms with Gasteiger partial charge in [-0.15, -0.1) is 5.11 Å². The summed E-state index contributed by atoms with van der Waals surface area (Å²) in [7, 11) is 0. The molecule has 0 saturated heterocycles. The zero-order chi connectivity index (χ0) is 13.3. The second-order valence-corrected chi connectivity index (χ2v) is 3.41. The van der Waals surface area contributed by atoms with Gasteiger partial charge in [0.25, 0.3) is 0 Å². The number of nitrogens with zero attached hydrogens (tertiary/aromatic N) is 2. The highest BCUT2D eigenvalue weighted by Crippen LogP contribution is 2.06. The Kier molecular flexibility index (Phi) is 7.70. The molecule has 2 N–H and O–H groups in total. The number of ether oxygens (including phenoxy) is 1. The third-order valence-corrected chi connectivity index (χ3v) is 1.70. The first-order valence-electron chi connectivity index (χ1n) is 5.13. The fraction of sp³-hybridized carbons (Fsp3) is 0.500. The lowest BCUT2D eigenvalue weighted by molar-refractivity contribution is -0.140. The van der Waals surface area contributed by atoms with Crippen molar-refractivity contribution in [2.45, 2.75) is 26.7 Å². The minimum Gasteiger partial charge on any atom is -0.462 e. The number of rotatable bonds is 6. The predicted octanol–water partition coefficient (Wildman–Crippen LogP) is 1.50. The number of nitrogens with two attached hydrogens (primary N) is 1. The van der Waals surface area contributed by atoms with Crippen LogP contribution >= 0.6 is 12.2 Å². The average Bonchev–Trinajstić information content (AvgIpc) is 2.24. The van der Waals surface area contributed by atoms with Gasteiger partial charge in [-0.1, -0.05) is 6.92 Å². The molecule has 17 heavy (non-hydrogen) atoms. The molecule has 6 nitrogen and oxygen atoms in total. The van der Waals surface area contributed by atoms with Crippen LogP contribution in [0.2, 0.25) is 0 Å². The molecule has 0 heterocycles. The predicted molar refractivity (Wildman–Crippen MR) is 66.3 cm³/mol. The van der Waals surface area contributed by atoms with Gasteiger partial charge in [0.1, 0.15) is 5.57 Å². The maximum atomic E-state index is 11.6. The molecule has 0 atom stereocenters. The summed E-state index contributed by atoms with van der Waals surface area (Å²) >= 11 is 4.47. The highest BCUT2D eigenvalue weighted by Gasteiger charge is 2.18. The Balaban J connectivity index is 4.90. The number of azo groups is 1. The third kappa shape index (κ3) is 6.52. The molecule has 0 rings (SSSR count). The summed E-state index contributed by atoms with van der Waals surface area (Å²) in [5.74, 6) is -1.05. The molecular formula is C10H15N3O3S. The molecule has 0 aromatic rings. The summed E-state index contributed by atoms with van der Waals surface area (Å²) in [5.41, 5.74) is 4.94. The number of carbonyl (C=O) groups is 2. The topological polar surface area (TPSA) is 94.1 Å². The first kappa shape index (κ1) is 15.4. The maximum Gasteiger partial charge on any atom is 0.343 e. The van der Waals surface area contributed by atoms with Crippen molar-refractivity contribution < 1.29 is 14.3 Å². The van der Waals surface area contributed by atoms with E-state index >= 15 is 0 Å². The molecule has 0 saturated carbocycles. The molecule has 0 aliphatic carbocycles. The Morgan fingerprint density at radius 1 is 1.41 bits per heavy atom. The molecule has 94 valence electrons. The molecule has 0 spiro atoms. The second kappa shape index (κ2) is 8.51. The molecule has 0 radical (unpaired) electrons. The molecule has 0 aliphatic heterocycles.